The van der Waals surface area contributed by atoms with Crippen molar-refractivity contribution in [2.24, 2.45) is 0 Å². The van der Waals surface area contributed by atoms with Gasteiger partial charge in [0.05, 0.1) is 6.61 Å². The molecule has 1 aliphatic carbocycles. The molecule has 1 saturated heterocycles. The van der Waals surface area contributed by atoms with Crippen LogP contribution < -0.4 is 0 Å². The summed E-state index contributed by atoms with van der Waals surface area (Å²) in [4.78, 5) is 0. The molecule has 0 aromatic carbocycles. The molecule has 0 amide bonds. The number of hydrogen-bond acceptors (Lipinski definition) is 3. The molecular formula is C10H20N2O3S. The van der Waals surface area contributed by atoms with Crippen molar-refractivity contribution in [3.8, 4) is 0 Å². The zero-order valence-electron chi connectivity index (χ0n) is 9.51. The Morgan fingerprint density at radius 3 is 2.25 bits per heavy atom. The van der Waals surface area contributed by atoms with Crippen LogP contribution >= 0.6 is 0 Å². The molecule has 94 valence electrons. The lowest BCUT2D eigenvalue weighted by atomic mass is 9.93. The molecule has 0 spiro atoms. The Morgan fingerprint density at radius 1 is 1.19 bits per heavy atom. The maximum Gasteiger partial charge on any atom is 0.282 e. The summed E-state index contributed by atoms with van der Waals surface area (Å²) in [6.45, 7) is 1.42. The van der Waals surface area contributed by atoms with Crippen molar-refractivity contribution in [1.29, 1.82) is 0 Å². The molecule has 2 fully saturated rings. The molecular weight excluding hydrogens is 228 g/mol. The summed E-state index contributed by atoms with van der Waals surface area (Å²) in [5, 5.41) is 8.99. The Labute approximate surface area is 97.2 Å². The Morgan fingerprint density at radius 2 is 1.81 bits per heavy atom. The van der Waals surface area contributed by atoms with Gasteiger partial charge in [0.2, 0.25) is 0 Å². The summed E-state index contributed by atoms with van der Waals surface area (Å²) in [5.74, 6) is 0. The zero-order chi connectivity index (χ0) is 11.6. The van der Waals surface area contributed by atoms with Gasteiger partial charge in [0.25, 0.3) is 10.2 Å². The van der Waals surface area contributed by atoms with E-state index in [0.717, 1.165) is 32.1 Å². The molecule has 1 saturated carbocycles. The molecule has 2 rings (SSSR count). The van der Waals surface area contributed by atoms with Crippen molar-refractivity contribution < 1.29 is 13.5 Å². The van der Waals surface area contributed by atoms with Crippen LogP contribution in [0, 0.1) is 0 Å². The van der Waals surface area contributed by atoms with Gasteiger partial charge in [0.1, 0.15) is 0 Å². The van der Waals surface area contributed by atoms with Crippen LogP contribution in [0.4, 0.5) is 0 Å². The van der Waals surface area contributed by atoms with Gasteiger partial charge in [-0.1, -0.05) is 6.42 Å². The number of aliphatic hydroxyl groups is 1. The van der Waals surface area contributed by atoms with E-state index >= 15 is 0 Å². The molecule has 2 aliphatic rings. The van der Waals surface area contributed by atoms with Crippen molar-refractivity contribution in [3.63, 3.8) is 0 Å². The average Bonchev–Trinajstić information content (AvgIpc) is 2.67. The van der Waals surface area contributed by atoms with Crippen molar-refractivity contribution in [1.82, 2.24) is 8.61 Å². The van der Waals surface area contributed by atoms with Crippen molar-refractivity contribution in [2.75, 3.05) is 26.2 Å². The first-order valence-electron chi connectivity index (χ1n) is 6.04. The van der Waals surface area contributed by atoms with Gasteiger partial charge in [-0.15, -0.1) is 0 Å². The van der Waals surface area contributed by atoms with Crippen LogP contribution in [0.15, 0.2) is 0 Å². The maximum atomic E-state index is 12.3. The van der Waals surface area contributed by atoms with Crippen molar-refractivity contribution >= 4 is 10.2 Å². The van der Waals surface area contributed by atoms with E-state index in [4.69, 9.17) is 5.11 Å². The Kier molecular flexibility index (Phi) is 3.84. The molecule has 0 aromatic rings. The van der Waals surface area contributed by atoms with E-state index < -0.39 is 10.2 Å². The highest BCUT2D eigenvalue weighted by Crippen LogP contribution is 2.29. The van der Waals surface area contributed by atoms with E-state index in [1.54, 1.807) is 4.31 Å². The van der Waals surface area contributed by atoms with Gasteiger partial charge in [-0.25, -0.2) is 0 Å². The van der Waals surface area contributed by atoms with Gasteiger partial charge < -0.3 is 5.11 Å². The fourth-order valence-electron chi connectivity index (χ4n) is 2.33. The fourth-order valence-corrected chi connectivity index (χ4v) is 4.24. The average molecular weight is 248 g/mol. The van der Waals surface area contributed by atoms with Crippen LogP contribution in [0.25, 0.3) is 0 Å². The second-order valence-electron chi connectivity index (χ2n) is 4.53. The standard InChI is InChI=1S/C10H20N2O3S/c13-9-8-12(10-4-3-5-10)16(14,15)11-6-1-2-7-11/h10,13H,1-9H2. The topological polar surface area (TPSA) is 60.9 Å². The maximum absolute atomic E-state index is 12.3. The minimum absolute atomic E-state index is 0.0937. The van der Waals surface area contributed by atoms with Gasteiger partial charge >= 0.3 is 0 Å². The van der Waals surface area contributed by atoms with Crippen LogP contribution in [-0.2, 0) is 10.2 Å². The summed E-state index contributed by atoms with van der Waals surface area (Å²) >= 11 is 0. The van der Waals surface area contributed by atoms with Crippen LogP contribution in [0.5, 0.6) is 0 Å². The second-order valence-corrected chi connectivity index (χ2v) is 6.41. The SMILES string of the molecule is O=S(=O)(N1CCCC1)N(CCO)C1CCC1. The highest BCUT2D eigenvalue weighted by molar-refractivity contribution is 7.86. The normalized spacial score (nSPS) is 23.9. The summed E-state index contributed by atoms with van der Waals surface area (Å²) < 4.78 is 27.7. The number of aliphatic hydroxyl groups excluding tert-OH is 1. The first-order valence-corrected chi connectivity index (χ1v) is 7.44. The minimum atomic E-state index is -3.32. The molecule has 16 heavy (non-hydrogen) atoms. The van der Waals surface area contributed by atoms with Crippen molar-refractivity contribution in [2.45, 2.75) is 38.1 Å². The van der Waals surface area contributed by atoms with Crippen LogP contribution in [0.3, 0.4) is 0 Å². The van der Waals surface area contributed by atoms with E-state index in [1.807, 2.05) is 0 Å². The van der Waals surface area contributed by atoms with E-state index in [0.29, 0.717) is 13.1 Å². The van der Waals surface area contributed by atoms with E-state index in [2.05, 4.69) is 0 Å². The first kappa shape index (κ1) is 12.3. The lowest BCUT2D eigenvalue weighted by Crippen LogP contribution is -2.51. The third kappa shape index (κ3) is 2.25. The Balaban J connectivity index is 2.10. The molecule has 0 radical (unpaired) electrons. The lowest BCUT2D eigenvalue weighted by Gasteiger charge is -2.38. The van der Waals surface area contributed by atoms with Crippen LogP contribution in [0.1, 0.15) is 32.1 Å². The van der Waals surface area contributed by atoms with Gasteiger partial charge in [0.15, 0.2) is 0 Å². The molecule has 0 unspecified atom stereocenters. The zero-order valence-corrected chi connectivity index (χ0v) is 10.3. The summed E-state index contributed by atoms with van der Waals surface area (Å²) in [6, 6.07) is 0.123. The quantitative estimate of drug-likeness (QED) is 0.754. The van der Waals surface area contributed by atoms with Crippen LogP contribution in [-0.4, -0.2) is 54.4 Å². The van der Waals surface area contributed by atoms with E-state index in [9.17, 15) is 8.42 Å². The van der Waals surface area contributed by atoms with E-state index in [1.165, 1.54) is 4.31 Å². The van der Waals surface area contributed by atoms with Gasteiger partial charge in [-0.2, -0.15) is 17.0 Å². The molecule has 0 atom stereocenters. The number of hydrogen-bond donors (Lipinski definition) is 1. The molecule has 1 heterocycles. The molecule has 5 nitrogen and oxygen atoms in total. The molecule has 1 aliphatic heterocycles. The molecule has 6 heteroatoms. The Hall–Kier alpha value is -0.170. The highest BCUT2D eigenvalue weighted by atomic mass is 32.2. The Bertz CT molecular complexity index is 321. The van der Waals surface area contributed by atoms with Gasteiger partial charge in [-0.05, 0) is 25.7 Å². The first-order chi connectivity index (χ1) is 7.66. The predicted octanol–water partition coefficient (Wildman–Crippen LogP) is 0.174. The molecule has 1 N–H and O–H groups in total. The smallest absolute Gasteiger partial charge is 0.282 e. The summed E-state index contributed by atoms with van der Waals surface area (Å²) in [7, 11) is -3.32. The van der Waals surface area contributed by atoms with Gasteiger partial charge in [0, 0.05) is 25.7 Å². The third-order valence-corrected chi connectivity index (χ3v) is 5.58. The monoisotopic (exact) mass is 248 g/mol. The number of nitrogens with zero attached hydrogens (tertiary/aromatic N) is 2. The number of rotatable bonds is 5. The minimum Gasteiger partial charge on any atom is -0.395 e. The van der Waals surface area contributed by atoms with E-state index in [-0.39, 0.29) is 19.2 Å². The predicted molar refractivity (Wildman–Crippen MR) is 61.2 cm³/mol. The summed E-state index contributed by atoms with van der Waals surface area (Å²) in [6.07, 6.45) is 4.88. The molecule has 0 aromatic heterocycles. The lowest BCUT2D eigenvalue weighted by molar-refractivity contribution is 0.170. The van der Waals surface area contributed by atoms with Crippen molar-refractivity contribution in [3.05, 3.63) is 0 Å². The third-order valence-electron chi connectivity index (χ3n) is 3.49. The van der Waals surface area contributed by atoms with Crippen LogP contribution in [0.2, 0.25) is 0 Å². The fraction of sp³-hybridized carbons (Fsp3) is 1.00. The summed E-state index contributed by atoms with van der Waals surface area (Å²) in [5.41, 5.74) is 0. The highest BCUT2D eigenvalue weighted by Gasteiger charge is 2.37. The molecule has 0 bridgehead atoms. The second kappa shape index (κ2) is 5.00. The largest absolute Gasteiger partial charge is 0.395 e. The van der Waals surface area contributed by atoms with Gasteiger partial charge in [-0.3, -0.25) is 0 Å².